The standard InChI is InChI=1S/C21H27N5O3/c1-3-17-15(2)22-14-23-21(17)26-8-6-25(7-9-26)13-20(27)24-16-4-5-18-19(12-16)29-11-10-28-18/h4-5,12,14H,3,6-11,13H2,1-2H3,(H,24,27). The fourth-order valence-corrected chi connectivity index (χ4v) is 3.82. The largest absolute Gasteiger partial charge is 0.486 e. The van der Waals surface area contributed by atoms with Crippen molar-refractivity contribution in [3.8, 4) is 11.5 Å². The number of anilines is 2. The zero-order valence-electron chi connectivity index (χ0n) is 17.0. The average Bonchev–Trinajstić information content (AvgIpc) is 2.74. The smallest absolute Gasteiger partial charge is 0.238 e. The summed E-state index contributed by atoms with van der Waals surface area (Å²) >= 11 is 0. The van der Waals surface area contributed by atoms with Gasteiger partial charge in [0, 0.05) is 49.2 Å². The van der Waals surface area contributed by atoms with Crippen LogP contribution >= 0.6 is 0 Å². The molecule has 1 amide bonds. The Balaban J connectivity index is 1.31. The summed E-state index contributed by atoms with van der Waals surface area (Å²) in [6.45, 7) is 8.95. The SMILES string of the molecule is CCc1c(C)ncnc1N1CCN(CC(=O)Nc2ccc3c(c2)OCCO3)CC1. The number of carbonyl (C=O) groups is 1. The molecule has 2 aliphatic heterocycles. The predicted molar refractivity (Wildman–Crippen MR) is 111 cm³/mol. The predicted octanol–water partition coefficient (Wildman–Crippen LogP) is 1.88. The van der Waals surface area contributed by atoms with E-state index in [1.54, 1.807) is 6.33 Å². The van der Waals surface area contributed by atoms with Gasteiger partial charge in [0.15, 0.2) is 11.5 Å². The van der Waals surface area contributed by atoms with E-state index in [0.717, 1.165) is 55.5 Å². The van der Waals surface area contributed by atoms with Gasteiger partial charge in [0.25, 0.3) is 0 Å². The van der Waals surface area contributed by atoms with E-state index in [1.807, 2.05) is 25.1 Å². The molecule has 0 saturated carbocycles. The van der Waals surface area contributed by atoms with Gasteiger partial charge in [-0.15, -0.1) is 0 Å². The topological polar surface area (TPSA) is 79.8 Å². The van der Waals surface area contributed by atoms with Gasteiger partial charge in [0.05, 0.1) is 6.54 Å². The molecule has 0 bridgehead atoms. The molecule has 2 aromatic rings. The number of rotatable bonds is 5. The van der Waals surface area contributed by atoms with Crippen LogP contribution in [-0.2, 0) is 11.2 Å². The first-order valence-electron chi connectivity index (χ1n) is 10.1. The molecule has 154 valence electrons. The van der Waals surface area contributed by atoms with E-state index in [0.29, 0.717) is 25.5 Å². The Morgan fingerprint density at radius 1 is 1.10 bits per heavy atom. The third-order valence-electron chi connectivity index (χ3n) is 5.36. The number of fused-ring (bicyclic) bond motifs is 1. The van der Waals surface area contributed by atoms with Crippen LogP contribution < -0.4 is 19.7 Å². The third-order valence-corrected chi connectivity index (χ3v) is 5.36. The van der Waals surface area contributed by atoms with Gasteiger partial charge >= 0.3 is 0 Å². The first-order chi connectivity index (χ1) is 14.1. The van der Waals surface area contributed by atoms with Crippen molar-refractivity contribution < 1.29 is 14.3 Å². The normalized spacial score (nSPS) is 16.6. The van der Waals surface area contributed by atoms with Crippen molar-refractivity contribution >= 4 is 17.4 Å². The van der Waals surface area contributed by atoms with Gasteiger partial charge in [-0.1, -0.05) is 6.92 Å². The minimum absolute atomic E-state index is 0.0257. The van der Waals surface area contributed by atoms with Crippen LogP contribution in [0.2, 0.25) is 0 Å². The van der Waals surface area contributed by atoms with E-state index >= 15 is 0 Å². The highest BCUT2D eigenvalue weighted by atomic mass is 16.6. The number of hydrogen-bond acceptors (Lipinski definition) is 7. The van der Waals surface area contributed by atoms with Gasteiger partial charge in [-0.25, -0.2) is 9.97 Å². The van der Waals surface area contributed by atoms with Crippen LogP contribution in [-0.4, -0.2) is 66.7 Å². The van der Waals surface area contributed by atoms with Gasteiger partial charge < -0.3 is 19.7 Å². The Bertz CT molecular complexity index is 881. The number of aryl methyl sites for hydroxylation is 1. The van der Waals surface area contributed by atoms with Crippen molar-refractivity contribution in [3.63, 3.8) is 0 Å². The summed E-state index contributed by atoms with van der Waals surface area (Å²) in [5, 5.41) is 2.96. The van der Waals surface area contributed by atoms with Gasteiger partial charge in [-0.2, -0.15) is 0 Å². The van der Waals surface area contributed by atoms with E-state index in [-0.39, 0.29) is 5.91 Å². The van der Waals surface area contributed by atoms with Gasteiger partial charge in [-0.05, 0) is 25.5 Å². The van der Waals surface area contributed by atoms with Crippen LogP contribution in [0.25, 0.3) is 0 Å². The molecule has 0 aliphatic carbocycles. The Morgan fingerprint density at radius 3 is 2.62 bits per heavy atom. The molecule has 3 heterocycles. The highest BCUT2D eigenvalue weighted by molar-refractivity contribution is 5.92. The van der Waals surface area contributed by atoms with E-state index < -0.39 is 0 Å². The van der Waals surface area contributed by atoms with Crippen molar-refractivity contribution in [1.82, 2.24) is 14.9 Å². The van der Waals surface area contributed by atoms with E-state index in [2.05, 4.69) is 32.0 Å². The molecule has 0 unspecified atom stereocenters. The number of benzene rings is 1. The highest BCUT2D eigenvalue weighted by Crippen LogP contribution is 2.32. The van der Waals surface area contributed by atoms with E-state index in [9.17, 15) is 4.79 Å². The summed E-state index contributed by atoms with van der Waals surface area (Å²) in [4.78, 5) is 25.8. The van der Waals surface area contributed by atoms with E-state index in [4.69, 9.17) is 9.47 Å². The second-order valence-corrected chi connectivity index (χ2v) is 7.28. The quantitative estimate of drug-likeness (QED) is 0.825. The Morgan fingerprint density at radius 2 is 1.86 bits per heavy atom. The summed E-state index contributed by atoms with van der Waals surface area (Å²) in [5.41, 5.74) is 2.97. The lowest BCUT2D eigenvalue weighted by molar-refractivity contribution is -0.117. The lowest BCUT2D eigenvalue weighted by Crippen LogP contribution is -2.49. The Labute approximate surface area is 170 Å². The maximum atomic E-state index is 12.5. The summed E-state index contributed by atoms with van der Waals surface area (Å²) < 4.78 is 11.1. The summed E-state index contributed by atoms with van der Waals surface area (Å²) in [6, 6.07) is 5.49. The number of aromatic nitrogens is 2. The number of hydrogen-bond donors (Lipinski definition) is 1. The summed E-state index contributed by atoms with van der Waals surface area (Å²) in [6.07, 6.45) is 2.55. The number of piperazine rings is 1. The molecule has 1 saturated heterocycles. The first-order valence-corrected chi connectivity index (χ1v) is 10.1. The fraction of sp³-hybridized carbons (Fsp3) is 0.476. The first kappa shape index (κ1) is 19.4. The van der Waals surface area contributed by atoms with Crippen LogP contribution in [0.5, 0.6) is 11.5 Å². The monoisotopic (exact) mass is 397 g/mol. The molecule has 29 heavy (non-hydrogen) atoms. The van der Waals surface area contributed by atoms with Crippen molar-refractivity contribution in [2.45, 2.75) is 20.3 Å². The van der Waals surface area contributed by atoms with Crippen LogP contribution in [0.3, 0.4) is 0 Å². The maximum Gasteiger partial charge on any atom is 0.238 e. The average molecular weight is 397 g/mol. The number of carbonyl (C=O) groups excluding carboxylic acids is 1. The second-order valence-electron chi connectivity index (χ2n) is 7.28. The van der Waals surface area contributed by atoms with Crippen LogP contribution in [0.15, 0.2) is 24.5 Å². The molecule has 0 radical (unpaired) electrons. The van der Waals surface area contributed by atoms with Crippen molar-refractivity contribution in [2.24, 2.45) is 0 Å². The fourth-order valence-electron chi connectivity index (χ4n) is 3.82. The zero-order valence-corrected chi connectivity index (χ0v) is 17.0. The maximum absolute atomic E-state index is 12.5. The minimum atomic E-state index is -0.0257. The lowest BCUT2D eigenvalue weighted by atomic mass is 10.1. The van der Waals surface area contributed by atoms with Gasteiger partial charge in [0.2, 0.25) is 5.91 Å². The molecular formula is C21H27N5O3. The van der Waals surface area contributed by atoms with Gasteiger partial charge in [0.1, 0.15) is 25.4 Å². The molecule has 8 nitrogen and oxygen atoms in total. The molecule has 0 spiro atoms. The van der Waals surface area contributed by atoms with Crippen molar-refractivity contribution in [3.05, 3.63) is 35.8 Å². The van der Waals surface area contributed by atoms with Gasteiger partial charge in [-0.3, -0.25) is 9.69 Å². The molecule has 1 fully saturated rings. The summed E-state index contributed by atoms with van der Waals surface area (Å²) in [5.74, 6) is 2.40. The number of nitrogens with one attached hydrogen (secondary N) is 1. The lowest BCUT2D eigenvalue weighted by Gasteiger charge is -2.35. The second kappa shape index (κ2) is 8.65. The number of ether oxygens (including phenoxy) is 2. The number of nitrogens with zero attached hydrogens (tertiary/aromatic N) is 4. The van der Waals surface area contributed by atoms with E-state index in [1.165, 1.54) is 5.56 Å². The zero-order chi connectivity index (χ0) is 20.2. The molecule has 8 heteroatoms. The molecule has 2 aliphatic rings. The molecule has 1 aromatic carbocycles. The summed E-state index contributed by atoms with van der Waals surface area (Å²) in [7, 11) is 0. The Hall–Kier alpha value is -2.87. The van der Waals surface area contributed by atoms with Crippen LogP contribution in [0.4, 0.5) is 11.5 Å². The molecule has 1 aromatic heterocycles. The van der Waals surface area contributed by atoms with Crippen molar-refractivity contribution in [1.29, 1.82) is 0 Å². The molecule has 4 rings (SSSR count). The molecular weight excluding hydrogens is 370 g/mol. The van der Waals surface area contributed by atoms with Crippen molar-refractivity contribution in [2.75, 3.05) is 56.2 Å². The van der Waals surface area contributed by atoms with Crippen LogP contribution in [0.1, 0.15) is 18.2 Å². The minimum Gasteiger partial charge on any atom is -0.486 e. The Kier molecular flexibility index (Phi) is 5.80. The third kappa shape index (κ3) is 4.42. The highest BCUT2D eigenvalue weighted by Gasteiger charge is 2.22. The van der Waals surface area contributed by atoms with Crippen LogP contribution in [0, 0.1) is 6.92 Å². The number of amides is 1. The molecule has 0 atom stereocenters. The molecule has 1 N–H and O–H groups in total.